The van der Waals surface area contributed by atoms with Crippen molar-refractivity contribution >= 4 is 10.0 Å². The van der Waals surface area contributed by atoms with Crippen LogP contribution in [0.5, 0.6) is 5.75 Å². The summed E-state index contributed by atoms with van der Waals surface area (Å²) in [6.07, 6.45) is 4.00. The Balaban J connectivity index is 1.66. The lowest BCUT2D eigenvalue weighted by Gasteiger charge is -2.20. The van der Waals surface area contributed by atoms with Crippen molar-refractivity contribution in [2.24, 2.45) is 0 Å². The van der Waals surface area contributed by atoms with Gasteiger partial charge in [0.05, 0.1) is 18.4 Å². The monoisotopic (exact) mass is 324 g/mol. The maximum Gasteiger partial charge on any atom is 0.213 e. The predicted molar refractivity (Wildman–Crippen MR) is 86.5 cm³/mol. The molecule has 1 fully saturated rings. The molecule has 3 rings (SSSR count). The fourth-order valence-corrected chi connectivity index (χ4v) is 4.47. The summed E-state index contributed by atoms with van der Waals surface area (Å²) in [6.45, 7) is 3.31. The number of fused-ring (bicyclic) bond motifs is 1. The van der Waals surface area contributed by atoms with Crippen LogP contribution in [0, 0.1) is 0 Å². The quantitative estimate of drug-likeness (QED) is 0.899. The van der Waals surface area contributed by atoms with Crippen molar-refractivity contribution in [1.82, 2.24) is 9.62 Å². The van der Waals surface area contributed by atoms with Crippen molar-refractivity contribution in [2.45, 2.75) is 31.7 Å². The first kappa shape index (κ1) is 15.8. The Labute approximate surface area is 132 Å². The molecule has 2 aliphatic rings. The van der Waals surface area contributed by atoms with E-state index < -0.39 is 10.0 Å². The summed E-state index contributed by atoms with van der Waals surface area (Å²) in [5.41, 5.74) is 0.949. The summed E-state index contributed by atoms with van der Waals surface area (Å²) in [4.78, 5) is 2.23. The average molecular weight is 324 g/mol. The van der Waals surface area contributed by atoms with E-state index in [4.69, 9.17) is 4.74 Å². The third kappa shape index (κ3) is 4.00. The van der Waals surface area contributed by atoms with E-state index in [1.807, 2.05) is 24.3 Å². The zero-order chi connectivity index (χ0) is 15.4. The SMILES string of the molecule is O=S(=O)(CCN1CCCC1)N[C@H]1CCCOc2ccccc21. The number of para-hydroxylation sites is 1. The van der Waals surface area contributed by atoms with Gasteiger partial charge in [-0.25, -0.2) is 13.1 Å². The Morgan fingerprint density at radius 2 is 1.95 bits per heavy atom. The highest BCUT2D eigenvalue weighted by Gasteiger charge is 2.25. The third-order valence-corrected chi connectivity index (χ3v) is 5.75. The topological polar surface area (TPSA) is 58.6 Å². The van der Waals surface area contributed by atoms with Gasteiger partial charge in [-0.1, -0.05) is 18.2 Å². The minimum absolute atomic E-state index is 0.173. The summed E-state index contributed by atoms with van der Waals surface area (Å²) in [6, 6.07) is 7.53. The lowest BCUT2D eigenvalue weighted by molar-refractivity contribution is 0.316. The Morgan fingerprint density at radius 1 is 1.18 bits per heavy atom. The van der Waals surface area contributed by atoms with Gasteiger partial charge in [-0.05, 0) is 44.8 Å². The maximum absolute atomic E-state index is 12.4. The van der Waals surface area contributed by atoms with Gasteiger partial charge >= 0.3 is 0 Å². The first-order valence-electron chi connectivity index (χ1n) is 8.08. The molecule has 5 nitrogen and oxygen atoms in total. The van der Waals surface area contributed by atoms with Gasteiger partial charge in [0.25, 0.3) is 0 Å². The van der Waals surface area contributed by atoms with Crippen LogP contribution >= 0.6 is 0 Å². The number of sulfonamides is 1. The average Bonchev–Trinajstić information content (AvgIpc) is 2.95. The summed E-state index contributed by atoms with van der Waals surface area (Å²) < 4.78 is 33.4. The van der Waals surface area contributed by atoms with E-state index in [0.29, 0.717) is 13.2 Å². The van der Waals surface area contributed by atoms with Crippen molar-refractivity contribution < 1.29 is 13.2 Å². The zero-order valence-corrected chi connectivity index (χ0v) is 13.6. The van der Waals surface area contributed by atoms with E-state index >= 15 is 0 Å². The number of ether oxygens (including phenoxy) is 1. The summed E-state index contributed by atoms with van der Waals surface area (Å²) in [5, 5.41) is 0. The van der Waals surface area contributed by atoms with Crippen LogP contribution in [-0.2, 0) is 10.0 Å². The van der Waals surface area contributed by atoms with Crippen LogP contribution in [0.3, 0.4) is 0 Å². The molecule has 1 aromatic rings. The number of nitrogens with zero attached hydrogens (tertiary/aromatic N) is 1. The number of nitrogens with one attached hydrogen (secondary N) is 1. The minimum atomic E-state index is -3.27. The van der Waals surface area contributed by atoms with E-state index in [1.54, 1.807) is 0 Å². The van der Waals surface area contributed by atoms with Crippen LogP contribution in [0.2, 0.25) is 0 Å². The first-order valence-corrected chi connectivity index (χ1v) is 9.73. The highest BCUT2D eigenvalue weighted by molar-refractivity contribution is 7.89. The summed E-state index contributed by atoms with van der Waals surface area (Å²) in [7, 11) is -3.27. The molecule has 1 N–H and O–H groups in total. The molecule has 0 aliphatic carbocycles. The Kier molecular flexibility index (Phi) is 5.00. The second kappa shape index (κ2) is 6.98. The maximum atomic E-state index is 12.4. The number of likely N-dealkylation sites (tertiary alicyclic amines) is 1. The van der Waals surface area contributed by atoms with E-state index in [0.717, 1.165) is 37.2 Å². The highest BCUT2D eigenvalue weighted by atomic mass is 32.2. The Morgan fingerprint density at radius 3 is 2.77 bits per heavy atom. The van der Waals surface area contributed by atoms with Crippen LogP contribution in [0.1, 0.15) is 37.3 Å². The van der Waals surface area contributed by atoms with Crippen LogP contribution in [0.15, 0.2) is 24.3 Å². The third-order valence-electron chi connectivity index (χ3n) is 4.39. The zero-order valence-electron chi connectivity index (χ0n) is 12.8. The van der Waals surface area contributed by atoms with E-state index in [1.165, 1.54) is 12.8 Å². The van der Waals surface area contributed by atoms with Crippen LogP contribution in [0.25, 0.3) is 0 Å². The Hall–Kier alpha value is -1.11. The van der Waals surface area contributed by atoms with Crippen molar-refractivity contribution in [3.05, 3.63) is 29.8 Å². The van der Waals surface area contributed by atoms with Gasteiger partial charge in [0, 0.05) is 12.1 Å². The largest absolute Gasteiger partial charge is 0.493 e. The molecule has 0 unspecified atom stereocenters. The molecule has 1 aromatic carbocycles. The molecule has 0 radical (unpaired) electrons. The molecule has 0 saturated carbocycles. The number of rotatable bonds is 5. The van der Waals surface area contributed by atoms with E-state index in [9.17, 15) is 8.42 Å². The van der Waals surface area contributed by atoms with Crippen LogP contribution in [0.4, 0.5) is 0 Å². The first-order chi connectivity index (χ1) is 10.6. The van der Waals surface area contributed by atoms with Gasteiger partial charge in [-0.15, -0.1) is 0 Å². The van der Waals surface area contributed by atoms with Crippen molar-refractivity contribution in [3.63, 3.8) is 0 Å². The van der Waals surface area contributed by atoms with Gasteiger partial charge < -0.3 is 9.64 Å². The van der Waals surface area contributed by atoms with Crippen LogP contribution < -0.4 is 9.46 Å². The molecule has 22 heavy (non-hydrogen) atoms. The van der Waals surface area contributed by atoms with Crippen molar-refractivity contribution in [2.75, 3.05) is 32.0 Å². The normalized spacial score (nSPS) is 22.8. The standard InChI is InChI=1S/C16H24N2O3S/c19-22(20,13-11-18-9-3-4-10-18)17-15-7-5-12-21-16-8-2-1-6-14(15)16/h1-2,6,8,15,17H,3-5,7,9-13H2/t15-/m0/s1. The molecule has 0 amide bonds. The van der Waals surface area contributed by atoms with Gasteiger partial charge in [-0.3, -0.25) is 0 Å². The number of hydrogen-bond acceptors (Lipinski definition) is 4. The predicted octanol–water partition coefficient (Wildman–Crippen LogP) is 1.92. The molecule has 2 aliphatic heterocycles. The summed E-state index contributed by atoms with van der Waals surface area (Å²) >= 11 is 0. The van der Waals surface area contributed by atoms with E-state index in [2.05, 4.69) is 9.62 Å². The molecular formula is C16H24N2O3S. The van der Waals surface area contributed by atoms with Crippen molar-refractivity contribution in [3.8, 4) is 5.75 Å². The highest BCUT2D eigenvalue weighted by Crippen LogP contribution is 2.31. The molecule has 0 aromatic heterocycles. The smallest absolute Gasteiger partial charge is 0.213 e. The number of benzene rings is 1. The molecule has 2 heterocycles. The minimum Gasteiger partial charge on any atom is -0.493 e. The van der Waals surface area contributed by atoms with Gasteiger partial charge in [-0.2, -0.15) is 0 Å². The summed E-state index contributed by atoms with van der Waals surface area (Å²) in [5.74, 6) is 0.972. The molecular weight excluding hydrogens is 300 g/mol. The van der Waals surface area contributed by atoms with Gasteiger partial charge in [0.15, 0.2) is 0 Å². The van der Waals surface area contributed by atoms with E-state index in [-0.39, 0.29) is 11.8 Å². The van der Waals surface area contributed by atoms with Gasteiger partial charge in [0.2, 0.25) is 10.0 Å². The number of hydrogen-bond donors (Lipinski definition) is 1. The fraction of sp³-hybridized carbons (Fsp3) is 0.625. The van der Waals surface area contributed by atoms with Crippen molar-refractivity contribution in [1.29, 1.82) is 0 Å². The lowest BCUT2D eigenvalue weighted by Crippen LogP contribution is -2.35. The molecule has 6 heteroatoms. The van der Waals surface area contributed by atoms with Crippen LogP contribution in [-0.4, -0.2) is 45.3 Å². The molecule has 1 atom stereocenters. The molecule has 1 saturated heterocycles. The van der Waals surface area contributed by atoms with Gasteiger partial charge in [0.1, 0.15) is 5.75 Å². The molecule has 122 valence electrons. The second-order valence-corrected chi connectivity index (χ2v) is 7.94. The fourth-order valence-electron chi connectivity index (χ4n) is 3.18. The lowest BCUT2D eigenvalue weighted by atomic mass is 10.0. The molecule has 0 spiro atoms. The molecule has 0 bridgehead atoms. The Bertz CT molecular complexity index is 597. The second-order valence-electron chi connectivity index (χ2n) is 6.07.